The highest BCUT2D eigenvalue weighted by Crippen LogP contribution is 2.29. The van der Waals surface area contributed by atoms with Crippen LogP contribution in [0.3, 0.4) is 0 Å². The molecule has 0 saturated heterocycles. The summed E-state index contributed by atoms with van der Waals surface area (Å²) in [6.07, 6.45) is -0.321. The molecule has 0 radical (unpaired) electrons. The largest absolute Gasteiger partial charge is 0.486 e. The maximum absolute atomic E-state index is 11.6. The number of carbonyl (C=O) groups excluding carboxylic acids is 2. The molecule has 132 valence electrons. The van der Waals surface area contributed by atoms with Crippen LogP contribution in [0.4, 0.5) is 0 Å². The molecule has 25 heavy (non-hydrogen) atoms. The van der Waals surface area contributed by atoms with Crippen molar-refractivity contribution in [1.82, 2.24) is 0 Å². The van der Waals surface area contributed by atoms with Crippen LogP contribution in [0.25, 0.3) is 0 Å². The van der Waals surface area contributed by atoms with Gasteiger partial charge < -0.3 is 14.2 Å². The summed E-state index contributed by atoms with van der Waals surface area (Å²) in [5, 5.41) is 0. The molecule has 0 aliphatic rings. The molecule has 0 amide bonds. The van der Waals surface area contributed by atoms with Gasteiger partial charge in [-0.3, -0.25) is 5.73 Å². The summed E-state index contributed by atoms with van der Waals surface area (Å²) >= 11 is 0. The highest BCUT2D eigenvalue weighted by molar-refractivity contribution is 6.29. The summed E-state index contributed by atoms with van der Waals surface area (Å²) in [7, 11) is 1.10. The number of carbonyl (C=O) groups is 2. The average Bonchev–Trinajstić information content (AvgIpc) is 2.61. The molecule has 0 aromatic heterocycles. The zero-order chi connectivity index (χ0) is 18.3. The number of rotatable bonds is 6. The highest BCUT2D eigenvalue weighted by atomic mass is 16.6. The van der Waals surface area contributed by atoms with Gasteiger partial charge in [0.1, 0.15) is 11.9 Å². The minimum atomic E-state index is -1.42. The van der Waals surface area contributed by atoms with Gasteiger partial charge in [0, 0.05) is 6.42 Å². The van der Waals surface area contributed by atoms with Gasteiger partial charge in [-0.2, -0.15) is 0 Å². The third-order valence-electron chi connectivity index (χ3n) is 3.46. The predicted molar refractivity (Wildman–Crippen MR) is 91.6 cm³/mol. The molecule has 2 rings (SSSR count). The predicted octanol–water partition coefficient (Wildman–Crippen LogP) is 2.59. The van der Waals surface area contributed by atoms with Gasteiger partial charge in [0.25, 0.3) is 0 Å². The van der Waals surface area contributed by atoms with E-state index in [1.165, 1.54) is 6.92 Å². The standard InChI is InChI=1S/C19H21NO5/c1-19(20,25-18(22)17(21)23-2)13-16(14-9-5-3-6-10-14)24-15-11-7-4-8-12-15/h3-12,16H,13,20H2,1-2H3. The fourth-order valence-electron chi connectivity index (χ4n) is 2.31. The van der Waals surface area contributed by atoms with Gasteiger partial charge in [-0.15, -0.1) is 0 Å². The van der Waals surface area contributed by atoms with Crippen molar-refractivity contribution in [1.29, 1.82) is 0 Å². The van der Waals surface area contributed by atoms with Gasteiger partial charge >= 0.3 is 11.9 Å². The molecule has 6 nitrogen and oxygen atoms in total. The Balaban J connectivity index is 2.17. The van der Waals surface area contributed by atoms with Gasteiger partial charge in [-0.05, 0) is 24.6 Å². The van der Waals surface area contributed by atoms with E-state index in [0.29, 0.717) is 5.75 Å². The zero-order valence-electron chi connectivity index (χ0n) is 14.2. The lowest BCUT2D eigenvalue weighted by Crippen LogP contribution is -2.45. The number of esters is 2. The first-order chi connectivity index (χ1) is 11.9. The smallest absolute Gasteiger partial charge is 0.419 e. The molecule has 2 aromatic rings. The molecule has 6 heteroatoms. The minimum Gasteiger partial charge on any atom is -0.486 e. The molecule has 2 aromatic carbocycles. The summed E-state index contributed by atoms with van der Waals surface area (Å²) in [6, 6.07) is 18.7. The maximum Gasteiger partial charge on any atom is 0.419 e. The van der Waals surface area contributed by atoms with Crippen LogP contribution in [0, 0.1) is 0 Å². The molecular weight excluding hydrogens is 322 g/mol. The first-order valence-electron chi connectivity index (χ1n) is 7.78. The topological polar surface area (TPSA) is 87.9 Å². The molecule has 0 saturated carbocycles. The molecule has 2 unspecified atom stereocenters. The average molecular weight is 343 g/mol. The summed E-state index contributed by atoms with van der Waals surface area (Å²) in [5.41, 5.74) is 5.53. The van der Waals surface area contributed by atoms with Crippen molar-refractivity contribution >= 4 is 11.9 Å². The first kappa shape index (κ1) is 18.5. The van der Waals surface area contributed by atoms with E-state index in [9.17, 15) is 9.59 Å². The van der Waals surface area contributed by atoms with E-state index in [2.05, 4.69) is 4.74 Å². The third kappa shape index (κ3) is 5.61. The van der Waals surface area contributed by atoms with Crippen molar-refractivity contribution < 1.29 is 23.8 Å². The zero-order valence-corrected chi connectivity index (χ0v) is 14.2. The fourth-order valence-corrected chi connectivity index (χ4v) is 2.31. The third-order valence-corrected chi connectivity index (χ3v) is 3.46. The van der Waals surface area contributed by atoms with Crippen LogP contribution in [-0.4, -0.2) is 24.8 Å². The molecule has 0 fully saturated rings. The molecule has 0 aliphatic heterocycles. The number of hydrogen-bond donors (Lipinski definition) is 1. The van der Waals surface area contributed by atoms with Crippen molar-refractivity contribution in [2.24, 2.45) is 5.73 Å². The summed E-state index contributed by atoms with van der Waals surface area (Å²) in [4.78, 5) is 22.9. The minimum absolute atomic E-state index is 0.147. The molecule has 2 N–H and O–H groups in total. The summed E-state index contributed by atoms with van der Waals surface area (Å²) < 4.78 is 15.4. The van der Waals surface area contributed by atoms with Crippen molar-refractivity contribution in [2.45, 2.75) is 25.2 Å². The van der Waals surface area contributed by atoms with Crippen molar-refractivity contribution in [3.05, 3.63) is 66.2 Å². The highest BCUT2D eigenvalue weighted by Gasteiger charge is 2.32. The Morgan fingerprint density at radius 2 is 1.56 bits per heavy atom. The van der Waals surface area contributed by atoms with E-state index in [4.69, 9.17) is 15.2 Å². The van der Waals surface area contributed by atoms with Crippen LogP contribution in [-0.2, 0) is 19.1 Å². The van der Waals surface area contributed by atoms with Crippen LogP contribution in [0.5, 0.6) is 5.75 Å². The molecule has 0 heterocycles. The number of benzene rings is 2. The van der Waals surface area contributed by atoms with Gasteiger partial charge in [0.05, 0.1) is 7.11 Å². The van der Waals surface area contributed by atoms with Gasteiger partial charge in [0.15, 0.2) is 5.72 Å². The first-order valence-corrected chi connectivity index (χ1v) is 7.78. The number of hydrogen-bond acceptors (Lipinski definition) is 6. The van der Waals surface area contributed by atoms with Gasteiger partial charge in [-0.1, -0.05) is 48.5 Å². The van der Waals surface area contributed by atoms with E-state index in [0.717, 1.165) is 12.7 Å². The lowest BCUT2D eigenvalue weighted by Gasteiger charge is -2.29. The quantitative estimate of drug-likeness (QED) is 0.493. The van der Waals surface area contributed by atoms with E-state index < -0.39 is 23.8 Å². The van der Waals surface area contributed by atoms with Gasteiger partial charge in [-0.25, -0.2) is 9.59 Å². The monoisotopic (exact) mass is 343 g/mol. The van der Waals surface area contributed by atoms with E-state index >= 15 is 0 Å². The van der Waals surface area contributed by atoms with Crippen molar-refractivity contribution in [3.63, 3.8) is 0 Å². The van der Waals surface area contributed by atoms with Crippen molar-refractivity contribution in [2.75, 3.05) is 7.11 Å². The normalized spacial score (nSPS) is 14.0. The number of nitrogens with two attached hydrogens (primary N) is 1. The Kier molecular flexibility index (Phi) is 6.14. The number of methoxy groups -OCH3 is 1. The molecule has 2 atom stereocenters. The second kappa shape index (κ2) is 8.30. The van der Waals surface area contributed by atoms with Crippen LogP contribution in [0.2, 0.25) is 0 Å². The number of ether oxygens (including phenoxy) is 3. The molecule has 0 bridgehead atoms. The molecule has 0 aliphatic carbocycles. The van der Waals surface area contributed by atoms with E-state index in [1.54, 1.807) is 0 Å². The Labute approximate surface area is 146 Å². The number of para-hydroxylation sites is 1. The Bertz CT molecular complexity index is 700. The lowest BCUT2D eigenvalue weighted by atomic mass is 10.0. The Hall–Kier alpha value is -2.86. The SMILES string of the molecule is COC(=O)C(=O)OC(C)(N)CC(Oc1ccccc1)c1ccccc1. The van der Waals surface area contributed by atoms with Crippen LogP contribution in [0.1, 0.15) is 25.0 Å². The van der Waals surface area contributed by atoms with E-state index in [-0.39, 0.29) is 6.42 Å². The second-order valence-electron chi connectivity index (χ2n) is 5.73. The molecular formula is C19H21NO5. The van der Waals surface area contributed by atoms with E-state index in [1.807, 2.05) is 60.7 Å². The fraction of sp³-hybridized carbons (Fsp3) is 0.263. The van der Waals surface area contributed by atoms with Crippen LogP contribution in [0.15, 0.2) is 60.7 Å². The second-order valence-corrected chi connectivity index (χ2v) is 5.73. The maximum atomic E-state index is 11.6. The Morgan fingerprint density at radius 3 is 2.12 bits per heavy atom. The lowest BCUT2D eigenvalue weighted by molar-refractivity contribution is -0.176. The van der Waals surface area contributed by atoms with Crippen LogP contribution < -0.4 is 10.5 Å². The summed E-state index contributed by atoms with van der Waals surface area (Å²) in [5.74, 6) is -1.58. The van der Waals surface area contributed by atoms with Crippen LogP contribution >= 0.6 is 0 Å². The van der Waals surface area contributed by atoms with Crippen molar-refractivity contribution in [3.8, 4) is 5.75 Å². The Morgan fingerprint density at radius 1 is 1.00 bits per heavy atom. The summed E-state index contributed by atoms with van der Waals surface area (Å²) in [6.45, 7) is 1.51. The van der Waals surface area contributed by atoms with Gasteiger partial charge in [0.2, 0.25) is 0 Å². The molecule has 0 spiro atoms.